The third kappa shape index (κ3) is 3.24. The first kappa shape index (κ1) is 21.6. The largest absolute Gasteiger partial charge is 0.494 e. The number of carbonyl (C=O) groups excluding carboxylic acids is 2. The molecule has 0 spiro atoms. The number of allylic oxidation sites excluding steroid dienone is 5. The molecule has 2 saturated carbocycles. The van der Waals surface area contributed by atoms with Crippen molar-refractivity contribution < 1.29 is 14.3 Å². The maximum atomic E-state index is 12.6. The number of hydrogen-bond donors (Lipinski definition) is 0. The maximum absolute atomic E-state index is 12.6. The summed E-state index contributed by atoms with van der Waals surface area (Å²) < 4.78 is 6.34. The van der Waals surface area contributed by atoms with Gasteiger partial charge in [0, 0.05) is 16.9 Å². The van der Waals surface area contributed by atoms with Crippen LogP contribution in [0.5, 0.6) is 0 Å². The number of hydrogen-bond acceptors (Lipinski definition) is 3. The number of carbonyl (C=O) groups is 2. The van der Waals surface area contributed by atoms with Crippen molar-refractivity contribution in [1.29, 1.82) is 0 Å². The highest BCUT2D eigenvalue weighted by Gasteiger charge is 2.61. The molecule has 4 rings (SSSR count). The lowest BCUT2D eigenvalue weighted by Crippen LogP contribution is -2.49. The molecule has 0 bridgehead atoms. The first-order valence-corrected chi connectivity index (χ1v) is 12.0. The molecule has 4 aliphatic carbocycles. The number of unbranched alkanes of at least 4 members (excludes halogenated alkanes) is 2. The van der Waals surface area contributed by atoms with Gasteiger partial charge in [-0.3, -0.25) is 9.59 Å². The van der Waals surface area contributed by atoms with Crippen LogP contribution in [0, 0.1) is 40.4 Å². The SMILES string of the molecule is CCCCCOC1=C[C@H]2[C@@H]3C[C@H](C)[C@H](C(C)=O)[C@@]3(C)CC[C@@H]2[C@@]2(C)C=CC(=O)C=C12. The van der Waals surface area contributed by atoms with Crippen LogP contribution >= 0.6 is 0 Å². The number of rotatable bonds is 6. The molecular formula is C27H38O3. The predicted molar refractivity (Wildman–Crippen MR) is 120 cm³/mol. The number of ether oxygens (including phenoxy) is 1. The Balaban J connectivity index is 1.73. The highest BCUT2D eigenvalue weighted by atomic mass is 16.5. The van der Waals surface area contributed by atoms with Gasteiger partial charge < -0.3 is 4.74 Å². The van der Waals surface area contributed by atoms with Crippen molar-refractivity contribution in [3.05, 3.63) is 35.6 Å². The zero-order valence-corrected chi connectivity index (χ0v) is 19.4. The summed E-state index contributed by atoms with van der Waals surface area (Å²) in [6, 6.07) is 0. The highest BCUT2D eigenvalue weighted by molar-refractivity contribution is 6.01. The minimum atomic E-state index is -0.160. The van der Waals surface area contributed by atoms with E-state index in [9.17, 15) is 9.59 Å². The molecule has 30 heavy (non-hydrogen) atoms. The highest BCUT2D eigenvalue weighted by Crippen LogP contribution is 2.66. The molecule has 0 aromatic heterocycles. The first-order valence-electron chi connectivity index (χ1n) is 12.0. The topological polar surface area (TPSA) is 43.4 Å². The molecule has 0 amide bonds. The van der Waals surface area contributed by atoms with Gasteiger partial charge in [-0.1, -0.05) is 46.6 Å². The van der Waals surface area contributed by atoms with E-state index in [0.717, 1.165) is 43.4 Å². The van der Waals surface area contributed by atoms with E-state index < -0.39 is 0 Å². The van der Waals surface area contributed by atoms with E-state index in [2.05, 4.69) is 39.8 Å². The molecule has 0 saturated heterocycles. The molecule has 2 fully saturated rings. The van der Waals surface area contributed by atoms with Gasteiger partial charge in [0.2, 0.25) is 0 Å². The van der Waals surface area contributed by atoms with Gasteiger partial charge in [-0.15, -0.1) is 0 Å². The van der Waals surface area contributed by atoms with Gasteiger partial charge in [0.1, 0.15) is 11.5 Å². The molecule has 164 valence electrons. The van der Waals surface area contributed by atoms with E-state index in [4.69, 9.17) is 4.74 Å². The molecule has 7 atom stereocenters. The van der Waals surface area contributed by atoms with Crippen molar-refractivity contribution in [2.75, 3.05) is 6.61 Å². The Morgan fingerprint density at radius 2 is 2.00 bits per heavy atom. The van der Waals surface area contributed by atoms with Crippen LogP contribution in [0.3, 0.4) is 0 Å². The second kappa shape index (κ2) is 7.80. The Bertz CT molecular complexity index is 818. The lowest BCUT2D eigenvalue weighted by Gasteiger charge is -2.55. The number of ketones is 2. The summed E-state index contributed by atoms with van der Waals surface area (Å²) in [4.78, 5) is 24.8. The summed E-state index contributed by atoms with van der Waals surface area (Å²) in [7, 11) is 0. The summed E-state index contributed by atoms with van der Waals surface area (Å²) >= 11 is 0. The molecule has 0 aliphatic heterocycles. The third-order valence-electron chi connectivity index (χ3n) is 8.96. The van der Waals surface area contributed by atoms with Gasteiger partial charge in [0.15, 0.2) is 5.78 Å². The van der Waals surface area contributed by atoms with E-state index >= 15 is 0 Å². The minimum Gasteiger partial charge on any atom is -0.494 e. The average molecular weight is 411 g/mol. The lowest BCUT2D eigenvalue weighted by atomic mass is 9.49. The molecule has 0 unspecified atom stereocenters. The zero-order chi connectivity index (χ0) is 21.7. The lowest BCUT2D eigenvalue weighted by molar-refractivity contribution is -0.127. The van der Waals surface area contributed by atoms with Crippen LogP contribution in [-0.4, -0.2) is 18.2 Å². The van der Waals surface area contributed by atoms with E-state index in [1.165, 1.54) is 6.42 Å². The van der Waals surface area contributed by atoms with Crippen molar-refractivity contribution in [3.8, 4) is 0 Å². The standard InChI is InChI=1S/C27H38O3/c1-6-7-8-13-30-24-16-20-21(26(4)11-9-19(29)15-23(24)26)10-12-27(5)22(20)14-17(2)25(27)18(3)28/h9,11,15-17,20-22,25H,6-8,10,12-14H2,1-5H3/t17-,20+,21-,22-,25+,26+,27-/m0/s1. The van der Waals surface area contributed by atoms with E-state index in [1.54, 1.807) is 13.0 Å². The average Bonchev–Trinajstić information content (AvgIpc) is 2.96. The molecule has 3 nitrogen and oxygen atoms in total. The molecule has 0 heterocycles. The third-order valence-corrected chi connectivity index (χ3v) is 8.96. The van der Waals surface area contributed by atoms with Crippen LogP contribution < -0.4 is 0 Å². The van der Waals surface area contributed by atoms with Crippen LogP contribution in [0.1, 0.15) is 73.1 Å². The fourth-order valence-electron chi connectivity index (χ4n) is 7.64. The van der Waals surface area contributed by atoms with Crippen LogP contribution in [0.25, 0.3) is 0 Å². The summed E-state index contributed by atoms with van der Waals surface area (Å²) in [6.07, 6.45) is 14.7. The van der Waals surface area contributed by atoms with Gasteiger partial charge >= 0.3 is 0 Å². The fraction of sp³-hybridized carbons (Fsp3) is 0.704. The van der Waals surface area contributed by atoms with Crippen LogP contribution in [0.15, 0.2) is 35.6 Å². The van der Waals surface area contributed by atoms with Crippen LogP contribution in [-0.2, 0) is 14.3 Å². The summed E-state index contributed by atoms with van der Waals surface area (Å²) in [5, 5.41) is 0. The minimum absolute atomic E-state index is 0.0655. The monoisotopic (exact) mass is 410 g/mol. The fourth-order valence-corrected chi connectivity index (χ4v) is 7.64. The molecule has 0 N–H and O–H groups in total. The van der Waals surface area contributed by atoms with Gasteiger partial charge in [-0.25, -0.2) is 0 Å². The van der Waals surface area contributed by atoms with Crippen molar-refractivity contribution in [3.63, 3.8) is 0 Å². The van der Waals surface area contributed by atoms with Crippen LogP contribution in [0.2, 0.25) is 0 Å². The van der Waals surface area contributed by atoms with E-state index in [0.29, 0.717) is 36.1 Å². The Morgan fingerprint density at radius 3 is 2.70 bits per heavy atom. The second-order valence-electron chi connectivity index (χ2n) is 10.8. The van der Waals surface area contributed by atoms with Gasteiger partial charge in [0.05, 0.1) is 6.61 Å². The number of Topliss-reactive ketones (excluding diaryl/α,β-unsaturated/α-hetero) is 1. The molecule has 0 radical (unpaired) electrons. The normalized spacial score (nSPS) is 42.0. The Morgan fingerprint density at radius 1 is 1.23 bits per heavy atom. The molecular weight excluding hydrogens is 372 g/mol. The Labute approximate surface area is 182 Å². The van der Waals surface area contributed by atoms with Crippen molar-refractivity contribution >= 4 is 11.6 Å². The van der Waals surface area contributed by atoms with Gasteiger partial charge in [-0.2, -0.15) is 0 Å². The Hall–Kier alpha value is -1.64. The molecule has 3 heteroatoms. The summed E-state index contributed by atoms with van der Waals surface area (Å²) in [6.45, 7) is 11.6. The van der Waals surface area contributed by atoms with Gasteiger partial charge in [-0.05, 0) is 79.9 Å². The van der Waals surface area contributed by atoms with Crippen molar-refractivity contribution in [2.45, 2.75) is 73.1 Å². The molecule has 0 aromatic carbocycles. The number of fused-ring (bicyclic) bond motifs is 5. The Kier molecular flexibility index (Phi) is 5.61. The van der Waals surface area contributed by atoms with Crippen molar-refractivity contribution in [1.82, 2.24) is 0 Å². The summed E-state index contributed by atoms with van der Waals surface area (Å²) in [5.74, 6) is 3.32. The second-order valence-corrected chi connectivity index (χ2v) is 10.8. The first-order chi connectivity index (χ1) is 14.2. The molecule has 0 aromatic rings. The van der Waals surface area contributed by atoms with Crippen molar-refractivity contribution in [2.24, 2.45) is 40.4 Å². The predicted octanol–water partition coefficient (Wildman–Crippen LogP) is 6.06. The van der Waals surface area contributed by atoms with E-state index in [1.807, 2.05) is 6.08 Å². The van der Waals surface area contributed by atoms with E-state index in [-0.39, 0.29) is 22.5 Å². The summed E-state index contributed by atoms with van der Waals surface area (Å²) in [5.41, 5.74) is 0.986. The zero-order valence-electron chi connectivity index (χ0n) is 19.4. The molecule has 4 aliphatic rings. The smallest absolute Gasteiger partial charge is 0.178 e. The quantitative estimate of drug-likeness (QED) is 0.500. The van der Waals surface area contributed by atoms with Gasteiger partial charge in [0.25, 0.3) is 0 Å². The maximum Gasteiger partial charge on any atom is 0.178 e. The van der Waals surface area contributed by atoms with Crippen LogP contribution in [0.4, 0.5) is 0 Å².